The maximum absolute atomic E-state index is 4.37. The van der Waals surface area contributed by atoms with Gasteiger partial charge in [-0.1, -0.05) is 30.3 Å². The molecule has 1 aliphatic rings. The van der Waals surface area contributed by atoms with E-state index in [1.54, 1.807) is 6.33 Å². The molecule has 1 saturated heterocycles. The summed E-state index contributed by atoms with van der Waals surface area (Å²) >= 11 is 0. The maximum atomic E-state index is 4.37. The lowest BCUT2D eigenvalue weighted by atomic mass is 10.0. The van der Waals surface area contributed by atoms with Gasteiger partial charge in [-0.2, -0.15) is 5.10 Å². The molecule has 20 heavy (non-hydrogen) atoms. The van der Waals surface area contributed by atoms with E-state index in [1.165, 1.54) is 5.56 Å². The van der Waals surface area contributed by atoms with Crippen LogP contribution in [0.25, 0.3) is 0 Å². The second-order valence-electron chi connectivity index (χ2n) is 5.14. The zero-order chi connectivity index (χ0) is 13.8. The number of hydrogen-bond donors (Lipinski definition) is 1. The Labute approximate surface area is 119 Å². The predicted octanol–water partition coefficient (Wildman–Crippen LogP) is 1.44. The maximum Gasteiger partial charge on any atom is 0.140 e. The first-order valence-electron chi connectivity index (χ1n) is 7.24. The lowest BCUT2D eigenvalue weighted by Crippen LogP contribution is -2.45. The number of benzene rings is 1. The van der Waals surface area contributed by atoms with Crippen LogP contribution in [0.5, 0.6) is 0 Å². The van der Waals surface area contributed by atoms with Gasteiger partial charge in [0, 0.05) is 32.2 Å². The van der Waals surface area contributed by atoms with E-state index in [4.69, 9.17) is 0 Å². The van der Waals surface area contributed by atoms with Crippen molar-refractivity contribution in [2.24, 2.45) is 0 Å². The van der Waals surface area contributed by atoms with Crippen molar-refractivity contribution >= 4 is 0 Å². The van der Waals surface area contributed by atoms with Crippen LogP contribution in [0.1, 0.15) is 24.4 Å². The molecule has 3 rings (SSSR count). The number of piperazine rings is 1. The van der Waals surface area contributed by atoms with E-state index in [0.29, 0.717) is 6.04 Å². The molecule has 0 bridgehead atoms. The Kier molecular flexibility index (Phi) is 4.08. The van der Waals surface area contributed by atoms with Gasteiger partial charge in [-0.05, 0) is 12.5 Å². The molecule has 0 radical (unpaired) electrons. The summed E-state index contributed by atoms with van der Waals surface area (Å²) in [6.45, 7) is 6.94. The predicted molar refractivity (Wildman–Crippen MR) is 78.2 cm³/mol. The second kappa shape index (κ2) is 6.15. The molecule has 1 aromatic carbocycles. The Hall–Kier alpha value is -1.72. The monoisotopic (exact) mass is 271 g/mol. The summed E-state index contributed by atoms with van der Waals surface area (Å²) in [5, 5.41) is 7.83. The summed E-state index contributed by atoms with van der Waals surface area (Å²) in [7, 11) is 0. The lowest BCUT2D eigenvalue weighted by molar-refractivity contribution is 0.186. The summed E-state index contributed by atoms with van der Waals surface area (Å²) in [5.74, 6) is 1.06. The third-order valence-corrected chi connectivity index (χ3v) is 3.82. The largest absolute Gasteiger partial charge is 0.308 e. The summed E-state index contributed by atoms with van der Waals surface area (Å²) in [5.41, 5.74) is 1.36. The molecule has 5 nitrogen and oxygen atoms in total. The highest BCUT2D eigenvalue weighted by atomic mass is 15.3. The summed E-state index contributed by atoms with van der Waals surface area (Å²) in [6.07, 6.45) is 1.65. The van der Waals surface area contributed by atoms with Gasteiger partial charge < -0.3 is 5.32 Å². The molecule has 0 amide bonds. The Morgan fingerprint density at radius 1 is 1.30 bits per heavy atom. The molecule has 0 spiro atoms. The smallest absolute Gasteiger partial charge is 0.140 e. The molecule has 0 saturated carbocycles. The van der Waals surface area contributed by atoms with Crippen LogP contribution in [0.2, 0.25) is 0 Å². The molecule has 0 aliphatic carbocycles. The van der Waals surface area contributed by atoms with Crippen molar-refractivity contribution in [2.45, 2.75) is 26.1 Å². The number of nitrogens with zero attached hydrogens (tertiary/aromatic N) is 4. The van der Waals surface area contributed by atoms with Gasteiger partial charge in [-0.25, -0.2) is 9.67 Å². The molecule has 2 heterocycles. The normalized spacial score (nSPS) is 20.1. The van der Waals surface area contributed by atoms with Crippen molar-refractivity contribution in [1.82, 2.24) is 25.0 Å². The molecule has 2 aromatic rings. The van der Waals surface area contributed by atoms with E-state index in [-0.39, 0.29) is 0 Å². The van der Waals surface area contributed by atoms with Crippen LogP contribution in [0.15, 0.2) is 36.7 Å². The standard InChI is InChI=1S/C15H21N5/c1-2-20-15(17-12-18-20)11-19-9-8-16-14(10-19)13-6-4-3-5-7-13/h3-7,12,14,16H,2,8-11H2,1H3. The SMILES string of the molecule is CCn1ncnc1CN1CCNC(c2ccccc2)C1. The second-order valence-corrected chi connectivity index (χ2v) is 5.14. The van der Waals surface area contributed by atoms with Crippen LogP contribution in [-0.4, -0.2) is 39.3 Å². The minimum atomic E-state index is 0.406. The van der Waals surface area contributed by atoms with Gasteiger partial charge >= 0.3 is 0 Å². The van der Waals surface area contributed by atoms with Crippen LogP contribution in [0.4, 0.5) is 0 Å². The third-order valence-electron chi connectivity index (χ3n) is 3.82. The first kappa shape index (κ1) is 13.3. The van der Waals surface area contributed by atoms with Gasteiger partial charge in [0.2, 0.25) is 0 Å². The first-order valence-corrected chi connectivity index (χ1v) is 7.24. The number of aromatic nitrogens is 3. The van der Waals surface area contributed by atoms with Crippen molar-refractivity contribution in [3.8, 4) is 0 Å². The molecular weight excluding hydrogens is 250 g/mol. The molecule has 1 atom stereocenters. The van der Waals surface area contributed by atoms with Crippen LogP contribution >= 0.6 is 0 Å². The third kappa shape index (κ3) is 2.89. The highest BCUT2D eigenvalue weighted by molar-refractivity contribution is 5.19. The lowest BCUT2D eigenvalue weighted by Gasteiger charge is -2.33. The van der Waals surface area contributed by atoms with E-state index >= 15 is 0 Å². The van der Waals surface area contributed by atoms with Crippen molar-refractivity contribution < 1.29 is 0 Å². The zero-order valence-corrected chi connectivity index (χ0v) is 11.9. The Bertz CT molecular complexity index is 536. The quantitative estimate of drug-likeness (QED) is 0.914. The Morgan fingerprint density at radius 2 is 2.15 bits per heavy atom. The van der Waals surface area contributed by atoms with Gasteiger partial charge in [0.05, 0.1) is 6.54 Å². The first-order chi connectivity index (χ1) is 9.86. The summed E-state index contributed by atoms with van der Waals surface area (Å²) in [6, 6.07) is 11.1. The minimum Gasteiger partial charge on any atom is -0.308 e. The topological polar surface area (TPSA) is 46.0 Å². The van der Waals surface area contributed by atoms with E-state index < -0.39 is 0 Å². The van der Waals surface area contributed by atoms with Crippen molar-refractivity contribution in [3.63, 3.8) is 0 Å². The molecule has 1 N–H and O–H groups in total. The number of aryl methyl sites for hydroxylation is 1. The van der Waals surface area contributed by atoms with Crippen molar-refractivity contribution in [1.29, 1.82) is 0 Å². The number of hydrogen-bond acceptors (Lipinski definition) is 4. The fraction of sp³-hybridized carbons (Fsp3) is 0.467. The minimum absolute atomic E-state index is 0.406. The summed E-state index contributed by atoms with van der Waals surface area (Å²) in [4.78, 5) is 6.82. The van der Waals surface area contributed by atoms with Crippen molar-refractivity contribution in [2.75, 3.05) is 19.6 Å². The van der Waals surface area contributed by atoms with Crippen LogP contribution in [-0.2, 0) is 13.1 Å². The number of nitrogens with one attached hydrogen (secondary N) is 1. The van der Waals surface area contributed by atoms with Crippen LogP contribution < -0.4 is 5.32 Å². The van der Waals surface area contributed by atoms with Gasteiger partial charge in [0.15, 0.2) is 0 Å². The molecule has 1 aromatic heterocycles. The Balaban J connectivity index is 1.67. The highest BCUT2D eigenvalue weighted by Gasteiger charge is 2.21. The fourth-order valence-corrected chi connectivity index (χ4v) is 2.74. The van der Waals surface area contributed by atoms with E-state index in [9.17, 15) is 0 Å². The fourth-order valence-electron chi connectivity index (χ4n) is 2.74. The van der Waals surface area contributed by atoms with Crippen LogP contribution in [0, 0.1) is 0 Å². The molecule has 1 aliphatic heterocycles. The van der Waals surface area contributed by atoms with E-state index in [0.717, 1.165) is 38.5 Å². The highest BCUT2D eigenvalue weighted by Crippen LogP contribution is 2.17. The van der Waals surface area contributed by atoms with E-state index in [1.807, 2.05) is 4.68 Å². The molecule has 5 heteroatoms. The van der Waals surface area contributed by atoms with Crippen molar-refractivity contribution in [3.05, 3.63) is 48.0 Å². The Morgan fingerprint density at radius 3 is 2.95 bits per heavy atom. The number of rotatable bonds is 4. The average molecular weight is 271 g/mol. The average Bonchev–Trinajstić information content (AvgIpc) is 2.96. The van der Waals surface area contributed by atoms with E-state index in [2.05, 4.69) is 57.6 Å². The van der Waals surface area contributed by atoms with Crippen LogP contribution in [0.3, 0.4) is 0 Å². The molecule has 1 unspecified atom stereocenters. The van der Waals surface area contributed by atoms with Gasteiger partial charge in [0.1, 0.15) is 12.2 Å². The summed E-state index contributed by atoms with van der Waals surface area (Å²) < 4.78 is 1.97. The molecular formula is C15H21N5. The molecule has 106 valence electrons. The zero-order valence-electron chi connectivity index (χ0n) is 11.9. The molecule has 1 fully saturated rings. The van der Waals surface area contributed by atoms with Gasteiger partial charge in [-0.3, -0.25) is 4.90 Å². The van der Waals surface area contributed by atoms with Gasteiger partial charge in [0.25, 0.3) is 0 Å². The van der Waals surface area contributed by atoms with Gasteiger partial charge in [-0.15, -0.1) is 0 Å².